The van der Waals surface area contributed by atoms with Crippen LogP contribution in [-0.4, -0.2) is 64.0 Å². The number of nitrogens with one attached hydrogen (secondary N) is 3. The quantitative estimate of drug-likeness (QED) is 0.200. The molecule has 0 heterocycles. The summed E-state index contributed by atoms with van der Waals surface area (Å²) in [4.78, 5) is 61.4. The molecule has 0 radical (unpaired) electrons. The maximum atomic E-state index is 13.1. The molecule has 200 valence electrons. The molecule has 36 heavy (non-hydrogen) atoms. The van der Waals surface area contributed by atoms with E-state index in [2.05, 4.69) is 16.0 Å². The Morgan fingerprint density at radius 1 is 0.833 bits per heavy atom. The molecule has 0 fully saturated rings. The molecule has 11 heteroatoms. The van der Waals surface area contributed by atoms with Crippen molar-refractivity contribution < 1.29 is 34.2 Å². The van der Waals surface area contributed by atoms with Gasteiger partial charge in [0.25, 0.3) is 0 Å². The van der Waals surface area contributed by atoms with E-state index in [0.29, 0.717) is 12.0 Å². The second-order valence-corrected chi connectivity index (χ2v) is 9.55. The third kappa shape index (κ3) is 10.9. The Labute approximate surface area is 211 Å². The van der Waals surface area contributed by atoms with Crippen molar-refractivity contribution in [1.29, 1.82) is 0 Å². The van der Waals surface area contributed by atoms with E-state index < -0.39 is 66.2 Å². The molecule has 0 aliphatic rings. The van der Waals surface area contributed by atoms with Gasteiger partial charge in [0.15, 0.2) is 0 Å². The first-order valence-electron chi connectivity index (χ1n) is 12.0. The van der Waals surface area contributed by atoms with Crippen molar-refractivity contribution in [1.82, 2.24) is 16.0 Å². The molecule has 0 aliphatic heterocycles. The Kier molecular flexibility index (Phi) is 12.6. The second kappa shape index (κ2) is 14.8. The molecule has 0 saturated heterocycles. The lowest BCUT2D eigenvalue weighted by Crippen LogP contribution is -2.58. The first-order valence-corrected chi connectivity index (χ1v) is 12.0. The highest BCUT2D eigenvalue weighted by atomic mass is 16.4. The molecular weight excluding hydrogens is 468 g/mol. The third-order valence-electron chi connectivity index (χ3n) is 5.49. The predicted octanol–water partition coefficient (Wildman–Crippen LogP) is 0.662. The molecule has 3 amide bonds. The molecular formula is C25H38N4O7. The van der Waals surface area contributed by atoms with Gasteiger partial charge in [-0.1, -0.05) is 58.0 Å². The number of amides is 3. The molecule has 0 aromatic heterocycles. The highest BCUT2D eigenvalue weighted by molar-refractivity contribution is 5.94. The zero-order valence-electron chi connectivity index (χ0n) is 21.2. The normalized spacial score (nSPS) is 14.4. The van der Waals surface area contributed by atoms with E-state index in [-0.39, 0.29) is 18.8 Å². The van der Waals surface area contributed by atoms with Crippen LogP contribution in [0.4, 0.5) is 0 Å². The van der Waals surface area contributed by atoms with Crippen LogP contribution < -0.4 is 21.7 Å². The first kappa shape index (κ1) is 30.6. The minimum absolute atomic E-state index is 0.0509. The summed E-state index contributed by atoms with van der Waals surface area (Å²) >= 11 is 0. The zero-order chi connectivity index (χ0) is 27.4. The lowest BCUT2D eigenvalue weighted by Gasteiger charge is -2.26. The number of hydrogen-bond donors (Lipinski definition) is 6. The first-order chi connectivity index (χ1) is 16.8. The van der Waals surface area contributed by atoms with E-state index in [1.54, 1.807) is 44.2 Å². The number of aliphatic carboxylic acids is 2. The van der Waals surface area contributed by atoms with Gasteiger partial charge in [0.05, 0.1) is 6.04 Å². The van der Waals surface area contributed by atoms with Crippen molar-refractivity contribution in [3.8, 4) is 0 Å². The van der Waals surface area contributed by atoms with Gasteiger partial charge >= 0.3 is 11.9 Å². The topological polar surface area (TPSA) is 188 Å². The number of rotatable bonds is 15. The number of carbonyl (C=O) groups excluding carboxylic acids is 3. The van der Waals surface area contributed by atoms with E-state index >= 15 is 0 Å². The predicted molar refractivity (Wildman–Crippen MR) is 133 cm³/mol. The lowest BCUT2D eigenvalue weighted by molar-refractivity contribution is -0.143. The van der Waals surface area contributed by atoms with Crippen molar-refractivity contribution in [2.75, 3.05) is 0 Å². The summed E-state index contributed by atoms with van der Waals surface area (Å²) in [6.45, 7) is 7.05. The molecule has 1 rings (SSSR count). The number of carboxylic acid groups (broad SMARTS) is 2. The fraction of sp³-hybridized carbons (Fsp3) is 0.560. The Hall–Kier alpha value is -3.47. The maximum absolute atomic E-state index is 13.1. The van der Waals surface area contributed by atoms with Gasteiger partial charge in [-0.05, 0) is 30.2 Å². The van der Waals surface area contributed by atoms with E-state index in [0.717, 1.165) is 0 Å². The minimum atomic E-state index is -1.25. The summed E-state index contributed by atoms with van der Waals surface area (Å²) < 4.78 is 0. The largest absolute Gasteiger partial charge is 0.481 e. The van der Waals surface area contributed by atoms with Crippen LogP contribution >= 0.6 is 0 Å². The standard InChI is InChI=1S/C25H38N4O7/c1-14(2)12-17(26)22(32)27-18(10-11-20(30)31)23(33)28-19(13-16-8-6-5-7-9-16)24(34)29-21(15(3)4)25(35)36/h5-9,14-15,17-19,21H,10-13,26H2,1-4H3,(H,27,32)(H,28,33)(H,29,34)(H,30,31)(H,35,36). The van der Waals surface area contributed by atoms with Crippen LogP contribution in [-0.2, 0) is 30.4 Å². The molecule has 11 nitrogen and oxygen atoms in total. The summed E-state index contributed by atoms with van der Waals surface area (Å²) in [5.74, 6) is -4.75. The highest BCUT2D eigenvalue weighted by Gasteiger charge is 2.31. The molecule has 0 bridgehead atoms. The molecule has 1 aromatic carbocycles. The summed E-state index contributed by atoms with van der Waals surface area (Å²) in [5, 5.41) is 26.1. The monoisotopic (exact) mass is 506 g/mol. The van der Waals surface area contributed by atoms with Crippen LogP contribution in [0.1, 0.15) is 52.5 Å². The van der Waals surface area contributed by atoms with E-state index in [1.165, 1.54) is 0 Å². The Morgan fingerprint density at radius 2 is 1.39 bits per heavy atom. The van der Waals surface area contributed by atoms with Crippen LogP contribution in [0.5, 0.6) is 0 Å². The molecule has 0 saturated carbocycles. The van der Waals surface area contributed by atoms with Gasteiger partial charge in [-0.15, -0.1) is 0 Å². The molecule has 0 spiro atoms. The lowest BCUT2D eigenvalue weighted by atomic mass is 10.0. The highest BCUT2D eigenvalue weighted by Crippen LogP contribution is 2.09. The number of hydrogen-bond acceptors (Lipinski definition) is 6. The van der Waals surface area contributed by atoms with Gasteiger partial charge in [-0.2, -0.15) is 0 Å². The van der Waals surface area contributed by atoms with E-state index in [4.69, 9.17) is 10.8 Å². The Morgan fingerprint density at radius 3 is 1.89 bits per heavy atom. The van der Waals surface area contributed by atoms with Gasteiger partial charge < -0.3 is 31.9 Å². The fourth-order valence-electron chi connectivity index (χ4n) is 3.53. The van der Waals surface area contributed by atoms with Gasteiger partial charge in [0, 0.05) is 12.8 Å². The number of benzene rings is 1. The van der Waals surface area contributed by atoms with Crippen LogP contribution in [0.25, 0.3) is 0 Å². The number of carbonyl (C=O) groups is 5. The van der Waals surface area contributed by atoms with Crippen LogP contribution in [0.2, 0.25) is 0 Å². The van der Waals surface area contributed by atoms with Crippen molar-refractivity contribution in [3.05, 3.63) is 35.9 Å². The van der Waals surface area contributed by atoms with Gasteiger partial charge in [-0.25, -0.2) is 4.79 Å². The van der Waals surface area contributed by atoms with Gasteiger partial charge in [0.2, 0.25) is 17.7 Å². The zero-order valence-corrected chi connectivity index (χ0v) is 21.2. The van der Waals surface area contributed by atoms with Crippen LogP contribution in [0, 0.1) is 11.8 Å². The molecule has 4 atom stereocenters. The van der Waals surface area contributed by atoms with Gasteiger partial charge in [-0.3, -0.25) is 19.2 Å². The van der Waals surface area contributed by atoms with Crippen LogP contribution in [0.15, 0.2) is 30.3 Å². The average molecular weight is 507 g/mol. The van der Waals surface area contributed by atoms with E-state index in [9.17, 15) is 29.1 Å². The summed E-state index contributed by atoms with van der Waals surface area (Å²) in [5.41, 5.74) is 6.61. The van der Waals surface area contributed by atoms with E-state index in [1.807, 2.05) is 13.8 Å². The minimum Gasteiger partial charge on any atom is -0.481 e. The molecule has 7 N–H and O–H groups in total. The average Bonchev–Trinajstić information content (AvgIpc) is 2.78. The SMILES string of the molecule is CC(C)CC(N)C(=O)NC(CCC(=O)O)C(=O)NC(Cc1ccccc1)C(=O)NC(C(=O)O)C(C)C. The molecule has 1 aromatic rings. The summed E-state index contributed by atoms with van der Waals surface area (Å²) in [6.07, 6.45) is -0.203. The Bertz CT molecular complexity index is 905. The Balaban J connectivity index is 3.13. The van der Waals surface area contributed by atoms with Crippen molar-refractivity contribution in [2.24, 2.45) is 17.6 Å². The van der Waals surface area contributed by atoms with Crippen molar-refractivity contribution in [3.63, 3.8) is 0 Å². The summed E-state index contributed by atoms with van der Waals surface area (Å²) in [7, 11) is 0. The van der Waals surface area contributed by atoms with Crippen molar-refractivity contribution in [2.45, 2.75) is 77.5 Å². The second-order valence-electron chi connectivity index (χ2n) is 9.55. The van der Waals surface area contributed by atoms with Crippen LogP contribution in [0.3, 0.4) is 0 Å². The number of nitrogens with two attached hydrogens (primary N) is 1. The van der Waals surface area contributed by atoms with Gasteiger partial charge in [0.1, 0.15) is 18.1 Å². The number of carboxylic acids is 2. The molecule has 0 aliphatic carbocycles. The third-order valence-corrected chi connectivity index (χ3v) is 5.49. The molecule has 4 unspecified atom stereocenters. The maximum Gasteiger partial charge on any atom is 0.326 e. The smallest absolute Gasteiger partial charge is 0.326 e. The fourth-order valence-corrected chi connectivity index (χ4v) is 3.53. The van der Waals surface area contributed by atoms with Crippen molar-refractivity contribution >= 4 is 29.7 Å². The summed E-state index contributed by atoms with van der Waals surface area (Å²) in [6, 6.07) is 4.30.